The molecule has 0 spiro atoms. The third-order valence-electron chi connectivity index (χ3n) is 6.74. The van der Waals surface area contributed by atoms with E-state index >= 15 is 0 Å². The van der Waals surface area contributed by atoms with Crippen molar-refractivity contribution in [2.24, 2.45) is 11.8 Å². The van der Waals surface area contributed by atoms with Gasteiger partial charge in [-0.25, -0.2) is 0 Å². The third-order valence-corrected chi connectivity index (χ3v) is 6.74. The molecule has 0 bridgehead atoms. The average molecular weight is 461 g/mol. The Bertz CT molecular complexity index is 1030. The fourth-order valence-electron chi connectivity index (χ4n) is 4.97. The summed E-state index contributed by atoms with van der Waals surface area (Å²) in [6, 6.07) is 26.3. The minimum absolute atomic E-state index is 0.0385. The van der Waals surface area contributed by atoms with E-state index in [0.717, 1.165) is 43.6 Å². The standard InChI is InChI=1S/C28H32N2O4/c1-22(21-34-27-14-8-13-26(19-27)30(32)33)20-29-17-15-25(16-18-29)28(31,23-9-4-2-5-10-23)24-11-6-3-7-12-24/h2-14,19,22,25,31H,15-18,20-21H2,1H3. The second-order valence-corrected chi connectivity index (χ2v) is 9.24. The number of non-ortho nitro benzene ring substituents is 1. The lowest BCUT2D eigenvalue weighted by Crippen LogP contribution is -2.45. The predicted octanol–water partition coefficient (Wildman–Crippen LogP) is 5.26. The number of nitrogens with zero attached hydrogens (tertiary/aromatic N) is 2. The van der Waals surface area contributed by atoms with Crippen molar-refractivity contribution in [3.8, 4) is 5.75 Å². The molecular weight excluding hydrogens is 428 g/mol. The van der Waals surface area contributed by atoms with Crippen LogP contribution in [0.15, 0.2) is 84.9 Å². The van der Waals surface area contributed by atoms with Gasteiger partial charge in [-0.3, -0.25) is 10.1 Å². The Morgan fingerprint density at radius 3 is 2.15 bits per heavy atom. The average Bonchev–Trinajstić information content (AvgIpc) is 2.88. The molecule has 1 aliphatic rings. The lowest BCUT2D eigenvalue weighted by molar-refractivity contribution is -0.384. The first-order valence-electron chi connectivity index (χ1n) is 11.9. The zero-order chi connectivity index (χ0) is 24.0. The Morgan fingerprint density at radius 1 is 1.00 bits per heavy atom. The Balaban J connectivity index is 1.35. The van der Waals surface area contributed by atoms with Gasteiger partial charge in [0.15, 0.2) is 0 Å². The maximum Gasteiger partial charge on any atom is 0.273 e. The van der Waals surface area contributed by atoms with E-state index in [1.807, 2.05) is 60.7 Å². The van der Waals surface area contributed by atoms with Gasteiger partial charge in [0.1, 0.15) is 11.4 Å². The highest BCUT2D eigenvalue weighted by Crippen LogP contribution is 2.41. The smallest absolute Gasteiger partial charge is 0.273 e. The monoisotopic (exact) mass is 460 g/mol. The summed E-state index contributed by atoms with van der Waals surface area (Å²) in [5.74, 6) is 0.929. The molecule has 1 fully saturated rings. The van der Waals surface area contributed by atoms with Gasteiger partial charge in [0.05, 0.1) is 17.6 Å². The molecule has 34 heavy (non-hydrogen) atoms. The van der Waals surface area contributed by atoms with Crippen LogP contribution in [-0.4, -0.2) is 41.2 Å². The molecule has 178 valence electrons. The van der Waals surface area contributed by atoms with E-state index in [9.17, 15) is 15.2 Å². The summed E-state index contributed by atoms with van der Waals surface area (Å²) in [5.41, 5.74) is 0.916. The third kappa shape index (κ3) is 5.46. The van der Waals surface area contributed by atoms with Crippen LogP contribution in [0.2, 0.25) is 0 Å². The van der Waals surface area contributed by atoms with Crippen LogP contribution in [0.1, 0.15) is 30.9 Å². The van der Waals surface area contributed by atoms with Crippen LogP contribution in [0, 0.1) is 22.0 Å². The van der Waals surface area contributed by atoms with Gasteiger partial charge in [-0.15, -0.1) is 0 Å². The van der Waals surface area contributed by atoms with E-state index in [0.29, 0.717) is 12.4 Å². The lowest BCUT2D eigenvalue weighted by atomic mass is 9.72. The molecule has 1 heterocycles. The zero-order valence-corrected chi connectivity index (χ0v) is 19.5. The predicted molar refractivity (Wildman–Crippen MR) is 133 cm³/mol. The molecule has 0 aromatic heterocycles. The van der Waals surface area contributed by atoms with Crippen molar-refractivity contribution in [2.45, 2.75) is 25.4 Å². The fourth-order valence-corrected chi connectivity index (χ4v) is 4.97. The largest absolute Gasteiger partial charge is 0.493 e. The topological polar surface area (TPSA) is 75.8 Å². The molecule has 1 N–H and O–H groups in total. The maximum atomic E-state index is 12.0. The second-order valence-electron chi connectivity index (χ2n) is 9.24. The maximum absolute atomic E-state index is 12.0. The van der Waals surface area contributed by atoms with Crippen LogP contribution in [0.4, 0.5) is 5.69 Å². The molecule has 0 saturated carbocycles. The number of piperidine rings is 1. The first kappa shape index (κ1) is 23.9. The fraction of sp³-hybridized carbons (Fsp3) is 0.357. The molecule has 3 aromatic rings. The Morgan fingerprint density at radius 2 is 1.59 bits per heavy atom. The second kappa shape index (κ2) is 10.8. The summed E-state index contributed by atoms with van der Waals surface area (Å²) in [4.78, 5) is 13.0. The SMILES string of the molecule is CC(COc1cccc([N+](=O)[O-])c1)CN1CCC(C(O)(c2ccccc2)c2ccccc2)CC1. The number of benzene rings is 3. The zero-order valence-electron chi connectivity index (χ0n) is 19.5. The number of ether oxygens (including phenoxy) is 1. The van der Waals surface area contributed by atoms with Crippen molar-refractivity contribution >= 4 is 5.69 Å². The van der Waals surface area contributed by atoms with E-state index in [1.165, 1.54) is 12.1 Å². The van der Waals surface area contributed by atoms with Gasteiger partial charge in [-0.2, -0.15) is 0 Å². The number of hydrogen-bond donors (Lipinski definition) is 1. The Kier molecular flexibility index (Phi) is 7.60. The van der Waals surface area contributed by atoms with Gasteiger partial charge >= 0.3 is 0 Å². The van der Waals surface area contributed by atoms with Gasteiger partial charge in [-0.1, -0.05) is 73.7 Å². The molecule has 4 rings (SSSR count). The van der Waals surface area contributed by atoms with Gasteiger partial charge in [0, 0.05) is 18.5 Å². The van der Waals surface area contributed by atoms with Gasteiger partial charge in [0.2, 0.25) is 0 Å². The van der Waals surface area contributed by atoms with Crippen molar-refractivity contribution in [3.05, 3.63) is 106 Å². The molecule has 3 aromatic carbocycles. The molecule has 6 heteroatoms. The number of likely N-dealkylation sites (tertiary alicyclic amines) is 1. The minimum Gasteiger partial charge on any atom is -0.493 e. The molecule has 1 aliphatic heterocycles. The summed E-state index contributed by atoms with van der Waals surface area (Å²) in [6.07, 6.45) is 1.80. The molecule has 1 unspecified atom stereocenters. The van der Waals surface area contributed by atoms with Gasteiger partial charge in [0.25, 0.3) is 5.69 Å². The number of nitro groups is 1. The Labute approximate surface area is 201 Å². The van der Waals surface area contributed by atoms with E-state index in [4.69, 9.17) is 4.74 Å². The highest BCUT2D eigenvalue weighted by Gasteiger charge is 2.41. The number of aliphatic hydroxyl groups is 1. The molecular formula is C28H32N2O4. The summed E-state index contributed by atoms with van der Waals surface area (Å²) < 4.78 is 5.82. The summed E-state index contributed by atoms with van der Waals surface area (Å²) in [6.45, 7) is 5.34. The van der Waals surface area contributed by atoms with Crippen LogP contribution in [0.5, 0.6) is 5.75 Å². The number of rotatable bonds is 9. The van der Waals surface area contributed by atoms with Gasteiger partial charge < -0.3 is 14.7 Å². The molecule has 0 radical (unpaired) electrons. The molecule has 6 nitrogen and oxygen atoms in total. The summed E-state index contributed by atoms with van der Waals surface area (Å²) in [7, 11) is 0. The van der Waals surface area contributed by atoms with Crippen molar-refractivity contribution in [2.75, 3.05) is 26.2 Å². The van der Waals surface area contributed by atoms with Crippen LogP contribution in [-0.2, 0) is 5.60 Å². The van der Waals surface area contributed by atoms with E-state index in [1.54, 1.807) is 12.1 Å². The molecule has 1 atom stereocenters. The minimum atomic E-state index is -1.01. The van der Waals surface area contributed by atoms with E-state index in [-0.39, 0.29) is 17.5 Å². The van der Waals surface area contributed by atoms with Crippen LogP contribution < -0.4 is 4.74 Å². The first-order chi connectivity index (χ1) is 16.5. The summed E-state index contributed by atoms with van der Waals surface area (Å²) in [5, 5.41) is 23.0. The van der Waals surface area contributed by atoms with Crippen LogP contribution in [0.25, 0.3) is 0 Å². The van der Waals surface area contributed by atoms with Crippen molar-refractivity contribution in [1.29, 1.82) is 0 Å². The van der Waals surface area contributed by atoms with Crippen LogP contribution >= 0.6 is 0 Å². The molecule has 0 amide bonds. The van der Waals surface area contributed by atoms with Crippen molar-refractivity contribution < 1.29 is 14.8 Å². The van der Waals surface area contributed by atoms with Crippen LogP contribution in [0.3, 0.4) is 0 Å². The normalized spacial score (nSPS) is 16.2. The van der Waals surface area contributed by atoms with E-state index < -0.39 is 10.5 Å². The van der Waals surface area contributed by atoms with E-state index in [2.05, 4.69) is 11.8 Å². The lowest BCUT2D eigenvalue weighted by Gasteiger charge is -2.42. The number of nitro benzene ring substituents is 1. The number of hydrogen-bond acceptors (Lipinski definition) is 5. The quantitative estimate of drug-likeness (QED) is 0.348. The molecule has 0 aliphatic carbocycles. The van der Waals surface area contributed by atoms with Crippen molar-refractivity contribution in [1.82, 2.24) is 4.90 Å². The first-order valence-corrected chi connectivity index (χ1v) is 11.9. The highest BCUT2D eigenvalue weighted by atomic mass is 16.6. The van der Waals surface area contributed by atoms with Gasteiger partial charge in [-0.05, 0) is 49.0 Å². The Hall–Kier alpha value is -3.22. The highest BCUT2D eigenvalue weighted by molar-refractivity contribution is 5.38. The molecule has 1 saturated heterocycles. The van der Waals surface area contributed by atoms with Crippen molar-refractivity contribution in [3.63, 3.8) is 0 Å². The summed E-state index contributed by atoms with van der Waals surface area (Å²) >= 11 is 0.